The van der Waals surface area contributed by atoms with Crippen LogP contribution < -0.4 is 20.3 Å². The first-order chi connectivity index (χ1) is 25.8. The highest BCUT2D eigenvalue weighted by atomic mass is 32.2. The molecule has 3 unspecified atom stereocenters. The van der Waals surface area contributed by atoms with Gasteiger partial charge in [-0.1, -0.05) is 80.1 Å². The van der Waals surface area contributed by atoms with Gasteiger partial charge in [-0.3, -0.25) is 14.7 Å². The predicted octanol–water partition coefficient (Wildman–Crippen LogP) is 8.51. The number of benzene rings is 2. The van der Waals surface area contributed by atoms with Crippen LogP contribution in [-0.4, -0.2) is 50.6 Å². The van der Waals surface area contributed by atoms with E-state index in [4.69, 9.17) is 0 Å². The van der Waals surface area contributed by atoms with Gasteiger partial charge in [-0.25, -0.2) is 31.0 Å². The maximum absolute atomic E-state index is 13.8. The molecular weight excluding hydrogens is 739 g/mol. The summed E-state index contributed by atoms with van der Waals surface area (Å²) in [5.41, 5.74) is -0.495. The molecule has 0 bridgehead atoms. The van der Waals surface area contributed by atoms with Crippen molar-refractivity contribution in [2.24, 2.45) is 28.0 Å². The third kappa shape index (κ3) is 14.7. The summed E-state index contributed by atoms with van der Waals surface area (Å²) in [7, 11) is -7.58. The smallest absolute Gasteiger partial charge is 0.299 e. The molecule has 55 heavy (non-hydrogen) atoms. The van der Waals surface area contributed by atoms with Gasteiger partial charge in [-0.15, -0.1) is 5.11 Å². The zero-order valence-electron chi connectivity index (χ0n) is 34.1. The van der Waals surface area contributed by atoms with Crippen LogP contribution in [0.5, 0.6) is 0 Å². The van der Waals surface area contributed by atoms with Crippen LogP contribution >= 0.6 is 0 Å². The molecule has 1 amide bonds. The van der Waals surface area contributed by atoms with Gasteiger partial charge in [0, 0.05) is 18.1 Å². The molecule has 0 aliphatic heterocycles. The molecule has 4 N–H and O–H groups in total. The van der Waals surface area contributed by atoms with E-state index in [1.807, 2.05) is 20.8 Å². The van der Waals surface area contributed by atoms with Crippen molar-refractivity contribution in [3.05, 3.63) is 64.6 Å². The van der Waals surface area contributed by atoms with E-state index in [9.17, 15) is 26.4 Å². The maximum Gasteiger partial charge on any atom is 0.299 e. The van der Waals surface area contributed by atoms with Gasteiger partial charge in [-0.05, 0) is 106 Å². The second-order valence-corrected chi connectivity index (χ2v) is 19.5. The number of carbonyl (C=O) groups is 1. The lowest BCUT2D eigenvalue weighted by Crippen LogP contribution is -2.33. The first-order valence-electron chi connectivity index (χ1n) is 19.6. The van der Waals surface area contributed by atoms with Crippen LogP contribution in [0.15, 0.2) is 73.3 Å². The molecule has 0 spiro atoms. The monoisotopic (exact) mass is 801 g/mol. The largest absolute Gasteiger partial charge is 0.348 e. The van der Waals surface area contributed by atoms with Crippen molar-refractivity contribution in [1.29, 1.82) is 0 Å². The van der Waals surface area contributed by atoms with E-state index in [0.717, 1.165) is 56.0 Å². The zero-order valence-corrected chi connectivity index (χ0v) is 35.7. The van der Waals surface area contributed by atoms with Gasteiger partial charge >= 0.3 is 0 Å². The van der Waals surface area contributed by atoms with E-state index in [2.05, 4.69) is 71.6 Å². The fourth-order valence-electron chi connectivity index (χ4n) is 6.08. The van der Waals surface area contributed by atoms with Crippen molar-refractivity contribution in [2.45, 2.75) is 148 Å². The molecule has 0 aliphatic rings. The highest BCUT2D eigenvalue weighted by Crippen LogP contribution is 2.23. The Morgan fingerprint density at radius 2 is 1.04 bits per heavy atom. The summed E-state index contributed by atoms with van der Waals surface area (Å²) in [6.07, 6.45) is 7.97. The molecule has 2 aromatic carbocycles. The lowest BCUT2D eigenvalue weighted by molar-refractivity contribution is 0.0933. The van der Waals surface area contributed by atoms with E-state index >= 15 is 0 Å². The zero-order chi connectivity index (χ0) is 40.9. The van der Waals surface area contributed by atoms with Gasteiger partial charge in [0.2, 0.25) is 20.0 Å². The predicted molar refractivity (Wildman–Crippen MR) is 220 cm³/mol. The Morgan fingerprint density at radius 1 is 0.618 bits per heavy atom. The van der Waals surface area contributed by atoms with E-state index in [-0.39, 0.29) is 50.7 Å². The summed E-state index contributed by atoms with van der Waals surface area (Å²) < 4.78 is 58.8. The van der Waals surface area contributed by atoms with Gasteiger partial charge in [0.1, 0.15) is 0 Å². The third-order valence-corrected chi connectivity index (χ3v) is 12.5. The Kier molecular flexibility index (Phi) is 17.5. The standard InChI is InChI=1S/C40H63N7O6S2/c1-27(2)13-10-16-30(7)41-39(48)37-38(43-42-33-19-23-35(24-20-33)54(50,51)45-31(8)17-11-14-28(3)4)40(49)47(44-37)34-21-25-36(26-22-34)55(52,53)46-32(9)18-12-15-29(5)6/h19-32,44-46H,10-18H2,1-9H3,(H,41,48). The number of nitrogens with zero attached hydrogens (tertiary/aromatic N) is 3. The number of hydrogen-bond acceptors (Lipinski definition) is 8. The summed E-state index contributed by atoms with van der Waals surface area (Å²) in [6, 6.07) is 10.9. The number of azo groups is 1. The summed E-state index contributed by atoms with van der Waals surface area (Å²) in [5, 5.41) is 14.2. The summed E-state index contributed by atoms with van der Waals surface area (Å²) in [4.78, 5) is 27.5. The van der Waals surface area contributed by atoms with Crippen LogP contribution in [0.25, 0.3) is 5.69 Å². The van der Waals surface area contributed by atoms with Crippen LogP contribution in [-0.2, 0) is 20.0 Å². The molecule has 0 aliphatic carbocycles. The van der Waals surface area contributed by atoms with Gasteiger partial charge in [0.25, 0.3) is 11.5 Å². The molecule has 3 aromatic rings. The Bertz CT molecular complexity index is 1970. The topological polar surface area (TPSA) is 184 Å². The number of aromatic amines is 1. The van der Waals surface area contributed by atoms with Crippen molar-refractivity contribution in [3.63, 3.8) is 0 Å². The Labute approximate surface area is 328 Å². The highest BCUT2D eigenvalue weighted by molar-refractivity contribution is 7.89. The van der Waals surface area contributed by atoms with Crippen molar-refractivity contribution in [1.82, 2.24) is 24.5 Å². The molecule has 0 fully saturated rings. The van der Waals surface area contributed by atoms with E-state index in [1.54, 1.807) is 0 Å². The van der Waals surface area contributed by atoms with Crippen LogP contribution in [0.3, 0.4) is 0 Å². The summed E-state index contributed by atoms with van der Waals surface area (Å²) in [5.74, 6) is 1.07. The number of nitrogens with one attached hydrogen (secondary N) is 4. The lowest BCUT2D eigenvalue weighted by atomic mass is 10.0. The van der Waals surface area contributed by atoms with Gasteiger partial charge in [0.05, 0.1) is 21.2 Å². The van der Waals surface area contributed by atoms with Crippen molar-refractivity contribution in [2.75, 3.05) is 0 Å². The quantitative estimate of drug-likeness (QED) is 0.0697. The Balaban J connectivity index is 1.88. The number of aromatic nitrogens is 2. The summed E-state index contributed by atoms with van der Waals surface area (Å²) in [6.45, 7) is 18.4. The van der Waals surface area contributed by atoms with Crippen LogP contribution in [0.2, 0.25) is 0 Å². The highest BCUT2D eigenvalue weighted by Gasteiger charge is 2.24. The molecule has 0 saturated carbocycles. The molecule has 3 atom stereocenters. The third-order valence-electron chi connectivity index (χ3n) is 9.26. The fourth-order valence-corrected chi connectivity index (χ4v) is 8.64. The van der Waals surface area contributed by atoms with Crippen LogP contribution in [0, 0.1) is 17.8 Å². The number of rotatable bonds is 23. The molecule has 1 aromatic heterocycles. The molecule has 0 saturated heterocycles. The van der Waals surface area contributed by atoms with E-state index in [1.165, 1.54) is 48.5 Å². The summed E-state index contributed by atoms with van der Waals surface area (Å²) >= 11 is 0. The second kappa shape index (κ2) is 21.0. The number of carbonyl (C=O) groups excluding carboxylic acids is 1. The van der Waals surface area contributed by atoms with E-state index < -0.39 is 31.5 Å². The van der Waals surface area contributed by atoms with Gasteiger partial charge in [-0.2, -0.15) is 5.11 Å². The van der Waals surface area contributed by atoms with Crippen molar-refractivity contribution >= 4 is 37.3 Å². The van der Waals surface area contributed by atoms with Crippen molar-refractivity contribution < 1.29 is 21.6 Å². The average Bonchev–Trinajstić information content (AvgIpc) is 3.42. The van der Waals surface area contributed by atoms with Gasteiger partial charge in [0.15, 0.2) is 11.4 Å². The molecule has 306 valence electrons. The average molecular weight is 802 g/mol. The number of H-pyrrole nitrogens is 1. The minimum absolute atomic E-state index is 0.0425. The lowest BCUT2D eigenvalue weighted by Gasteiger charge is -2.15. The minimum atomic E-state index is -3.81. The number of sulfonamides is 2. The molecule has 15 heteroatoms. The maximum atomic E-state index is 13.8. The molecule has 3 rings (SSSR count). The minimum Gasteiger partial charge on any atom is -0.348 e. The Morgan fingerprint density at radius 3 is 1.47 bits per heavy atom. The van der Waals surface area contributed by atoms with E-state index in [0.29, 0.717) is 24.2 Å². The number of amides is 1. The molecular formula is C40H63N7O6S2. The van der Waals surface area contributed by atoms with Crippen molar-refractivity contribution in [3.8, 4) is 5.69 Å². The fraction of sp³-hybridized carbons (Fsp3) is 0.600. The molecule has 13 nitrogen and oxygen atoms in total. The van der Waals surface area contributed by atoms with Crippen LogP contribution in [0.1, 0.15) is 131 Å². The number of hydrogen-bond donors (Lipinski definition) is 4. The molecule has 1 heterocycles. The Hall–Kier alpha value is -3.66. The van der Waals surface area contributed by atoms with Gasteiger partial charge < -0.3 is 5.32 Å². The molecule has 0 radical (unpaired) electrons. The van der Waals surface area contributed by atoms with Crippen LogP contribution in [0.4, 0.5) is 11.4 Å². The SMILES string of the molecule is CC(C)CCCC(C)NC(=O)c1[nH]n(-c2ccc(S(=O)(=O)NC(C)CCCC(C)C)cc2)c(=O)c1N=Nc1ccc(S(=O)(=O)NC(C)CCCC(C)C)cc1. The first-order valence-corrected chi connectivity index (χ1v) is 22.6. The first kappa shape index (κ1) is 45.7. The normalized spacial score (nSPS) is 14.3. The second-order valence-electron chi connectivity index (χ2n) is 16.1.